The van der Waals surface area contributed by atoms with E-state index in [0.29, 0.717) is 25.7 Å². The standard InChI is InChI=1S/C16H24N2O2.C8H11NO7.CH4O/c1-3-4-11-17-15(19)10-12-18(2)16(20)13-14-8-6-5-7-9-14;10-3-4-16-8(15)9-5(7(13)14)1-2-6(11)12;1-2/h5-9H,3-4,10-13H2,1-2H3,(H,17,19);3,5H,1-2,4H2,(H,9,15)(H,11,12)(H,13,14);2H,1H3. The number of aliphatic hydroxyl groups is 1. The number of benzene rings is 1. The van der Waals surface area contributed by atoms with Gasteiger partial charge in [0.1, 0.15) is 12.6 Å². The Bertz CT molecular complexity index is 849. The van der Waals surface area contributed by atoms with Gasteiger partial charge in [-0.05, 0) is 18.4 Å². The highest BCUT2D eigenvalue weighted by Gasteiger charge is 2.21. The van der Waals surface area contributed by atoms with Crippen LogP contribution in [-0.2, 0) is 35.1 Å². The molecule has 0 fully saturated rings. The Kier molecular flexibility index (Phi) is 22.3. The third kappa shape index (κ3) is 20.2. The van der Waals surface area contributed by atoms with E-state index in [-0.39, 0.29) is 18.2 Å². The Balaban J connectivity index is 0. The van der Waals surface area contributed by atoms with E-state index >= 15 is 0 Å². The van der Waals surface area contributed by atoms with Gasteiger partial charge in [-0.2, -0.15) is 0 Å². The zero-order chi connectivity index (χ0) is 29.3. The number of ether oxygens (including phenoxy) is 1. The van der Waals surface area contributed by atoms with Crippen molar-refractivity contribution in [3.8, 4) is 0 Å². The first kappa shape index (κ1) is 36.2. The molecule has 1 aromatic carbocycles. The first-order chi connectivity index (χ1) is 18.1. The van der Waals surface area contributed by atoms with Crippen LogP contribution in [0.25, 0.3) is 0 Å². The van der Waals surface area contributed by atoms with Crippen molar-refractivity contribution in [3.05, 3.63) is 35.9 Å². The number of aliphatic hydroxyl groups excluding tert-OH is 1. The molecule has 13 heteroatoms. The molecule has 1 aromatic rings. The molecule has 0 saturated heterocycles. The predicted octanol–water partition coefficient (Wildman–Crippen LogP) is 0.832. The van der Waals surface area contributed by atoms with Crippen LogP contribution >= 0.6 is 0 Å². The van der Waals surface area contributed by atoms with E-state index < -0.39 is 37.1 Å². The van der Waals surface area contributed by atoms with E-state index in [1.165, 1.54) is 0 Å². The van der Waals surface area contributed by atoms with Gasteiger partial charge in [0.2, 0.25) is 11.8 Å². The lowest BCUT2D eigenvalue weighted by molar-refractivity contribution is -0.140. The summed E-state index contributed by atoms with van der Waals surface area (Å²) in [5.41, 5.74) is 0.997. The van der Waals surface area contributed by atoms with Gasteiger partial charge in [0, 0.05) is 40.1 Å². The summed E-state index contributed by atoms with van der Waals surface area (Å²) in [6.07, 6.45) is 1.39. The quantitative estimate of drug-likeness (QED) is 0.156. The summed E-state index contributed by atoms with van der Waals surface area (Å²) in [4.78, 5) is 66.6. The van der Waals surface area contributed by atoms with Crippen LogP contribution in [0.2, 0.25) is 0 Å². The lowest BCUT2D eigenvalue weighted by Gasteiger charge is -2.17. The summed E-state index contributed by atoms with van der Waals surface area (Å²) < 4.78 is 4.25. The van der Waals surface area contributed by atoms with Crippen LogP contribution in [0.5, 0.6) is 0 Å². The number of aliphatic carboxylic acids is 2. The molecule has 1 atom stereocenters. The average Bonchev–Trinajstić information content (AvgIpc) is 2.90. The maximum absolute atomic E-state index is 12.0. The van der Waals surface area contributed by atoms with Crippen LogP contribution in [0.1, 0.15) is 44.6 Å². The Morgan fingerprint density at radius 2 is 1.68 bits per heavy atom. The third-order valence-electron chi connectivity index (χ3n) is 4.67. The lowest BCUT2D eigenvalue weighted by Crippen LogP contribution is -2.41. The number of amides is 3. The number of hydrogen-bond acceptors (Lipinski definition) is 8. The molecule has 0 aromatic heterocycles. The second-order valence-electron chi connectivity index (χ2n) is 7.66. The molecule has 0 radical (unpaired) electrons. The molecule has 0 saturated carbocycles. The van der Waals surface area contributed by atoms with Gasteiger partial charge >= 0.3 is 18.0 Å². The van der Waals surface area contributed by atoms with E-state index in [1.54, 1.807) is 11.9 Å². The zero-order valence-electron chi connectivity index (χ0n) is 22.1. The molecular weight excluding hydrogens is 502 g/mol. The largest absolute Gasteiger partial charge is 0.481 e. The van der Waals surface area contributed by atoms with Gasteiger partial charge < -0.3 is 35.6 Å². The normalized spacial score (nSPS) is 10.2. The van der Waals surface area contributed by atoms with Gasteiger partial charge in [-0.15, -0.1) is 0 Å². The maximum atomic E-state index is 12.0. The number of aldehydes is 1. The highest BCUT2D eigenvalue weighted by atomic mass is 16.5. The number of carbonyl (C=O) groups is 6. The maximum Gasteiger partial charge on any atom is 0.408 e. The van der Waals surface area contributed by atoms with Crippen LogP contribution in [0.3, 0.4) is 0 Å². The SMILES string of the molecule is CCCCNC(=O)CCN(C)C(=O)Cc1ccccc1.CO.O=CCOC(=O)NC(CCC(=O)O)C(=O)O. The number of carboxylic acid groups (broad SMARTS) is 2. The second-order valence-corrected chi connectivity index (χ2v) is 7.66. The molecule has 0 aliphatic carbocycles. The molecular formula is C25H39N3O10. The number of alkyl carbamates (subject to hydrolysis) is 1. The van der Waals surface area contributed by atoms with E-state index in [2.05, 4.69) is 17.0 Å². The fraction of sp³-hybridized carbons (Fsp3) is 0.520. The second kappa shape index (κ2) is 23.4. The number of carboxylic acids is 2. The monoisotopic (exact) mass is 541 g/mol. The number of carbonyl (C=O) groups excluding carboxylic acids is 4. The number of rotatable bonds is 15. The fourth-order valence-corrected chi connectivity index (χ4v) is 2.61. The highest BCUT2D eigenvalue weighted by molar-refractivity contribution is 5.81. The van der Waals surface area contributed by atoms with Gasteiger partial charge in [-0.1, -0.05) is 43.7 Å². The summed E-state index contributed by atoms with van der Waals surface area (Å²) in [6, 6.07) is 8.29. The molecule has 3 amide bonds. The predicted molar refractivity (Wildman–Crippen MR) is 137 cm³/mol. The van der Waals surface area contributed by atoms with Crippen LogP contribution in [-0.4, -0.2) is 96.2 Å². The molecule has 0 aliphatic heterocycles. The van der Waals surface area contributed by atoms with Crippen molar-refractivity contribution in [2.24, 2.45) is 0 Å². The average molecular weight is 542 g/mol. The van der Waals surface area contributed by atoms with Crippen LogP contribution < -0.4 is 10.6 Å². The molecule has 0 bridgehead atoms. The Labute approximate surface area is 222 Å². The molecule has 0 spiro atoms. The molecule has 5 N–H and O–H groups in total. The number of nitrogens with one attached hydrogen (secondary N) is 2. The minimum Gasteiger partial charge on any atom is -0.481 e. The van der Waals surface area contributed by atoms with Crippen molar-refractivity contribution < 1.29 is 48.8 Å². The summed E-state index contributed by atoms with van der Waals surface area (Å²) in [5, 5.41) is 28.7. The van der Waals surface area contributed by atoms with Gasteiger partial charge in [0.25, 0.3) is 0 Å². The van der Waals surface area contributed by atoms with Crippen molar-refractivity contribution in [1.82, 2.24) is 15.5 Å². The van der Waals surface area contributed by atoms with Crippen LogP contribution in [0.4, 0.5) is 4.79 Å². The van der Waals surface area contributed by atoms with Gasteiger partial charge in [-0.25, -0.2) is 9.59 Å². The van der Waals surface area contributed by atoms with Crippen molar-refractivity contribution >= 4 is 36.1 Å². The van der Waals surface area contributed by atoms with Crippen LogP contribution in [0.15, 0.2) is 30.3 Å². The summed E-state index contributed by atoms with van der Waals surface area (Å²) in [5.74, 6) is -2.49. The summed E-state index contributed by atoms with van der Waals surface area (Å²) >= 11 is 0. The Morgan fingerprint density at radius 3 is 2.21 bits per heavy atom. The number of hydrogen-bond donors (Lipinski definition) is 5. The molecule has 13 nitrogen and oxygen atoms in total. The molecule has 214 valence electrons. The first-order valence-electron chi connectivity index (χ1n) is 11.9. The van der Waals surface area contributed by atoms with E-state index in [1.807, 2.05) is 35.6 Å². The molecule has 1 unspecified atom stereocenters. The van der Waals surface area contributed by atoms with Crippen molar-refractivity contribution in [2.45, 2.75) is 51.5 Å². The first-order valence-corrected chi connectivity index (χ1v) is 11.9. The summed E-state index contributed by atoms with van der Waals surface area (Å²) in [7, 11) is 2.74. The minimum absolute atomic E-state index is 0.0119. The summed E-state index contributed by atoms with van der Waals surface area (Å²) in [6.45, 7) is 2.78. The van der Waals surface area contributed by atoms with Crippen molar-refractivity contribution in [3.63, 3.8) is 0 Å². The zero-order valence-corrected chi connectivity index (χ0v) is 22.1. The van der Waals surface area contributed by atoms with E-state index in [0.717, 1.165) is 32.1 Å². The van der Waals surface area contributed by atoms with Gasteiger partial charge in [0.15, 0.2) is 6.29 Å². The Morgan fingerprint density at radius 1 is 1.05 bits per heavy atom. The van der Waals surface area contributed by atoms with Gasteiger partial charge in [-0.3, -0.25) is 19.2 Å². The molecule has 0 heterocycles. The van der Waals surface area contributed by atoms with E-state index in [4.69, 9.17) is 15.3 Å². The van der Waals surface area contributed by atoms with Gasteiger partial charge in [0.05, 0.1) is 6.42 Å². The molecule has 38 heavy (non-hydrogen) atoms. The minimum atomic E-state index is -1.37. The smallest absolute Gasteiger partial charge is 0.408 e. The Hall–Kier alpha value is -4.00. The van der Waals surface area contributed by atoms with E-state index in [9.17, 15) is 28.8 Å². The number of nitrogens with zero attached hydrogens (tertiary/aromatic N) is 1. The van der Waals surface area contributed by atoms with Crippen LogP contribution in [0, 0.1) is 0 Å². The third-order valence-corrected chi connectivity index (χ3v) is 4.67. The lowest BCUT2D eigenvalue weighted by atomic mass is 10.1. The number of likely N-dealkylation sites (N-methyl/N-ethyl adjacent to an activating group) is 1. The molecule has 0 aliphatic rings. The number of unbranched alkanes of at least 4 members (excludes halogenated alkanes) is 1. The molecule has 1 rings (SSSR count). The fourth-order valence-electron chi connectivity index (χ4n) is 2.61. The topological polar surface area (TPSA) is 200 Å². The highest BCUT2D eigenvalue weighted by Crippen LogP contribution is 2.02. The van der Waals surface area contributed by atoms with Crippen molar-refractivity contribution in [1.29, 1.82) is 0 Å². The van der Waals surface area contributed by atoms with Crippen molar-refractivity contribution in [2.75, 3.05) is 33.9 Å².